The highest BCUT2D eigenvalue weighted by atomic mass is 35.5. The van der Waals surface area contributed by atoms with Crippen LogP contribution in [0, 0.1) is 22.7 Å². The Labute approximate surface area is 151 Å². The summed E-state index contributed by atoms with van der Waals surface area (Å²) in [7, 11) is 0. The van der Waals surface area contributed by atoms with E-state index in [1.807, 2.05) is 30.3 Å². The molecule has 0 aromatic heterocycles. The Bertz CT molecular complexity index is 877. The first-order chi connectivity index (χ1) is 12.1. The number of nitrogens with zero attached hydrogens (tertiary/aromatic N) is 2. The van der Waals surface area contributed by atoms with Gasteiger partial charge in [0.25, 0.3) is 5.91 Å². The van der Waals surface area contributed by atoms with Crippen LogP contribution < -0.4 is 10.6 Å². The average Bonchev–Trinajstić information content (AvgIpc) is 2.62. The van der Waals surface area contributed by atoms with Crippen molar-refractivity contribution >= 4 is 23.2 Å². The molecule has 25 heavy (non-hydrogen) atoms. The zero-order valence-corrected chi connectivity index (χ0v) is 14.0. The molecule has 0 aliphatic carbocycles. The quantitative estimate of drug-likeness (QED) is 0.475. The zero-order valence-electron chi connectivity index (χ0n) is 13.3. The highest BCUT2D eigenvalue weighted by molar-refractivity contribution is 6.30. The molecular weight excluding hydrogens is 336 g/mol. The lowest BCUT2D eigenvalue weighted by molar-refractivity contribution is -0.112. The van der Waals surface area contributed by atoms with E-state index in [4.69, 9.17) is 22.1 Å². The van der Waals surface area contributed by atoms with Gasteiger partial charge in [-0.25, -0.2) is 0 Å². The number of anilines is 1. The van der Waals surface area contributed by atoms with Gasteiger partial charge in [-0.2, -0.15) is 10.5 Å². The monoisotopic (exact) mass is 350 g/mol. The van der Waals surface area contributed by atoms with E-state index in [-0.39, 0.29) is 5.57 Å². The first-order valence-electron chi connectivity index (χ1n) is 7.52. The van der Waals surface area contributed by atoms with E-state index in [0.717, 1.165) is 5.56 Å². The molecular formula is C19H15ClN4O. The first-order valence-corrected chi connectivity index (χ1v) is 7.90. The molecule has 0 aliphatic heterocycles. The summed E-state index contributed by atoms with van der Waals surface area (Å²) in [5, 5.41) is 24.4. The molecule has 0 aliphatic rings. The van der Waals surface area contributed by atoms with Crippen molar-refractivity contribution in [3.63, 3.8) is 0 Å². The van der Waals surface area contributed by atoms with Crippen LogP contribution in [0.15, 0.2) is 60.3 Å². The minimum atomic E-state index is -0.569. The van der Waals surface area contributed by atoms with E-state index in [9.17, 15) is 4.79 Å². The van der Waals surface area contributed by atoms with Gasteiger partial charge in [0.15, 0.2) is 0 Å². The molecule has 0 radical (unpaired) electrons. The Balaban J connectivity index is 1.94. The number of halogens is 1. The molecule has 5 nitrogen and oxygen atoms in total. The molecule has 2 aromatic rings. The summed E-state index contributed by atoms with van der Waals surface area (Å²) in [5.41, 5.74) is 1.69. The second kappa shape index (κ2) is 9.12. The van der Waals surface area contributed by atoms with E-state index < -0.39 is 5.91 Å². The van der Waals surface area contributed by atoms with Crippen LogP contribution in [0.25, 0.3) is 0 Å². The lowest BCUT2D eigenvalue weighted by Gasteiger charge is -2.06. The third-order valence-corrected chi connectivity index (χ3v) is 3.59. The molecule has 0 spiro atoms. The molecule has 0 saturated heterocycles. The van der Waals surface area contributed by atoms with Crippen LogP contribution in [0.2, 0.25) is 5.02 Å². The van der Waals surface area contributed by atoms with Crippen LogP contribution >= 0.6 is 11.6 Å². The van der Waals surface area contributed by atoms with Crippen LogP contribution in [0.3, 0.4) is 0 Å². The van der Waals surface area contributed by atoms with Crippen molar-refractivity contribution < 1.29 is 4.79 Å². The Morgan fingerprint density at radius 3 is 2.68 bits per heavy atom. The fraction of sp³-hybridized carbons (Fsp3) is 0.105. The van der Waals surface area contributed by atoms with Crippen molar-refractivity contribution in [2.24, 2.45) is 0 Å². The van der Waals surface area contributed by atoms with Gasteiger partial charge in [0.2, 0.25) is 0 Å². The number of para-hydroxylation sites is 1. The third-order valence-electron chi connectivity index (χ3n) is 3.35. The maximum absolute atomic E-state index is 12.2. The van der Waals surface area contributed by atoms with Crippen molar-refractivity contribution in [3.8, 4) is 12.1 Å². The molecule has 1 amide bonds. The van der Waals surface area contributed by atoms with Crippen molar-refractivity contribution in [1.29, 1.82) is 10.5 Å². The molecule has 2 aromatic carbocycles. The largest absolute Gasteiger partial charge is 0.389 e. The summed E-state index contributed by atoms with van der Waals surface area (Å²) >= 11 is 5.92. The third kappa shape index (κ3) is 5.39. The highest BCUT2D eigenvalue weighted by Crippen LogP contribution is 2.14. The molecule has 0 bridgehead atoms. The lowest BCUT2D eigenvalue weighted by atomic mass is 10.1. The summed E-state index contributed by atoms with van der Waals surface area (Å²) in [4.78, 5) is 12.2. The van der Waals surface area contributed by atoms with Gasteiger partial charge >= 0.3 is 0 Å². The first kappa shape index (κ1) is 18.1. The normalized spacial score (nSPS) is 10.4. The molecule has 0 heterocycles. The highest BCUT2D eigenvalue weighted by Gasteiger charge is 2.11. The number of carbonyl (C=O) groups is 1. The molecule has 2 rings (SSSR count). The summed E-state index contributed by atoms with van der Waals surface area (Å²) < 4.78 is 0. The van der Waals surface area contributed by atoms with Crippen molar-refractivity contribution in [3.05, 3.63) is 76.5 Å². The van der Waals surface area contributed by atoms with E-state index in [1.165, 1.54) is 6.20 Å². The number of hydrogen-bond donors (Lipinski definition) is 2. The van der Waals surface area contributed by atoms with Crippen LogP contribution in [-0.2, 0) is 11.2 Å². The van der Waals surface area contributed by atoms with Gasteiger partial charge in [-0.05, 0) is 36.2 Å². The Kier molecular flexibility index (Phi) is 6.59. The van der Waals surface area contributed by atoms with Crippen molar-refractivity contribution in [2.45, 2.75) is 6.42 Å². The number of rotatable bonds is 6. The van der Waals surface area contributed by atoms with Gasteiger partial charge in [0.1, 0.15) is 17.7 Å². The second-order valence-corrected chi connectivity index (χ2v) is 5.55. The molecule has 124 valence electrons. The van der Waals surface area contributed by atoms with Gasteiger partial charge in [0, 0.05) is 17.8 Å². The maximum Gasteiger partial charge on any atom is 0.267 e. The second-order valence-electron chi connectivity index (χ2n) is 5.12. The summed E-state index contributed by atoms with van der Waals surface area (Å²) in [6.45, 7) is 0.549. The van der Waals surface area contributed by atoms with E-state index in [1.54, 1.807) is 30.3 Å². The van der Waals surface area contributed by atoms with Gasteiger partial charge in [-0.3, -0.25) is 4.79 Å². The smallest absolute Gasteiger partial charge is 0.267 e. The predicted octanol–water partition coefficient (Wildman–Crippen LogP) is 3.39. The summed E-state index contributed by atoms with van der Waals surface area (Å²) in [6.07, 6.45) is 2.07. The van der Waals surface area contributed by atoms with Crippen molar-refractivity contribution in [1.82, 2.24) is 5.32 Å². The number of benzene rings is 2. The van der Waals surface area contributed by atoms with E-state index in [0.29, 0.717) is 29.2 Å². The molecule has 6 heteroatoms. The number of amides is 1. The number of hydrogen-bond acceptors (Lipinski definition) is 4. The zero-order chi connectivity index (χ0) is 18.1. The van der Waals surface area contributed by atoms with Gasteiger partial charge in [-0.15, -0.1) is 0 Å². The van der Waals surface area contributed by atoms with E-state index in [2.05, 4.69) is 10.6 Å². The number of nitriles is 2. The number of nitrogens with one attached hydrogen (secondary N) is 2. The summed E-state index contributed by atoms with van der Waals surface area (Å²) in [5.74, 6) is -0.569. The molecule has 0 saturated carbocycles. The Hall–Kier alpha value is -3.28. The van der Waals surface area contributed by atoms with Crippen LogP contribution in [0.4, 0.5) is 5.69 Å². The molecule has 0 atom stereocenters. The fourth-order valence-electron chi connectivity index (χ4n) is 2.11. The Morgan fingerprint density at radius 1 is 1.16 bits per heavy atom. The van der Waals surface area contributed by atoms with Gasteiger partial charge in [0.05, 0.1) is 11.3 Å². The summed E-state index contributed by atoms with van der Waals surface area (Å²) in [6, 6.07) is 17.9. The predicted molar refractivity (Wildman–Crippen MR) is 96.6 cm³/mol. The SMILES string of the molecule is N#C/C(=C/NCCc1cccc(Cl)c1)C(=O)Nc1ccccc1C#N. The van der Waals surface area contributed by atoms with Crippen LogP contribution in [-0.4, -0.2) is 12.5 Å². The van der Waals surface area contributed by atoms with Crippen LogP contribution in [0.5, 0.6) is 0 Å². The maximum atomic E-state index is 12.2. The average molecular weight is 351 g/mol. The fourth-order valence-corrected chi connectivity index (χ4v) is 2.32. The molecule has 2 N–H and O–H groups in total. The topological polar surface area (TPSA) is 88.7 Å². The van der Waals surface area contributed by atoms with Gasteiger partial charge < -0.3 is 10.6 Å². The van der Waals surface area contributed by atoms with Crippen LogP contribution in [0.1, 0.15) is 11.1 Å². The lowest BCUT2D eigenvalue weighted by Crippen LogP contribution is -2.18. The van der Waals surface area contributed by atoms with Gasteiger partial charge in [-0.1, -0.05) is 35.9 Å². The minimum absolute atomic E-state index is 0.0705. The minimum Gasteiger partial charge on any atom is -0.389 e. The Morgan fingerprint density at radius 2 is 1.96 bits per heavy atom. The number of carbonyl (C=O) groups excluding carboxylic acids is 1. The molecule has 0 fully saturated rings. The van der Waals surface area contributed by atoms with E-state index >= 15 is 0 Å². The van der Waals surface area contributed by atoms with Crippen molar-refractivity contribution in [2.75, 3.05) is 11.9 Å². The molecule has 0 unspecified atom stereocenters. The standard InChI is InChI=1S/C19H15ClN4O/c20-17-6-3-4-14(10-17)8-9-23-13-16(12-22)19(25)24-18-7-2-1-5-15(18)11-21/h1-7,10,13,23H,8-9H2,(H,24,25)/b16-13-.